The van der Waals surface area contributed by atoms with Crippen molar-refractivity contribution in [2.45, 2.75) is 20.4 Å². The van der Waals surface area contributed by atoms with Crippen molar-refractivity contribution in [2.24, 2.45) is 5.73 Å². The molecule has 0 aliphatic carbocycles. The zero-order chi connectivity index (χ0) is 10.8. The van der Waals surface area contributed by atoms with E-state index in [-0.39, 0.29) is 0 Å². The van der Waals surface area contributed by atoms with Crippen LogP contribution in [0.3, 0.4) is 0 Å². The Balaban J connectivity index is 2.42. The molecule has 4 nitrogen and oxygen atoms in total. The zero-order valence-electron chi connectivity index (χ0n) is 8.94. The van der Waals surface area contributed by atoms with Gasteiger partial charge in [-0.25, -0.2) is 9.67 Å². The van der Waals surface area contributed by atoms with E-state index in [2.05, 4.69) is 10.1 Å². The zero-order valence-corrected chi connectivity index (χ0v) is 8.94. The summed E-state index contributed by atoms with van der Waals surface area (Å²) in [6, 6.07) is 5.88. The average molecular weight is 202 g/mol. The van der Waals surface area contributed by atoms with E-state index in [0.29, 0.717) is 6.54 Å². The smallest absolute Gasteiger partial charge is 0.153 e. The van der Waals surface area contributed by atoms with Gasteiger partial charge < -0.3 is 5.73 Å². The SMILES string of the molecule is Cc1ccn(-c2ccc(CN)c(C)n2)n1. The highest BCUT2D eigenvalue weighted by molar-refractivity contribution is 5.29. The molecule has 15 heavy (non-hydrogen) atoms. The molecule has 0 radical (unpaired) electrons. The molecule has 0 spiro atoms. The highest BCUT2D eigenvalue weighted by Gasteiger charge is 2.02. The third-order valence-corrected chi connectivity index (χ3v) is 2.36. The van der Waals surface area contributed by atoms with Crippen LogP contribution in [-0.2, 0) is 6.54 Å². The number of hydrogen-bond donors (Lipinski definition) is 1. The summed E-state index contributed by atoms with van der Waals surface area (Å²) >= 11 is 0. The van der Waals surface area contributed by atoms with Gasteiger partial charge >= 0.3 is 0 Å². The molecule has 0 unspecified atom stereocenters. The second-order valence-electron chi connectivity index (χ2n) is 3.52. The molecule has 2 heterocycles. The summed E-state index contributed by atoms with van der Waals surface area (Å²) in [7, 11) is 0. The Hall–Kier alpha value is -1.68. The normalized spacial score (nSPS) is 10.6. The molecule has 2 aromatic heterocycles. The van der Waals surface area contributed by atoms with E-state index < -0.39 is 0 Å². The molecule has 0 bridgehead atoms. The van der Waals surface area contributed by atoms with Crippen LogP contribution in [0.1, 0.15) is 17.0 Å². The number of rotatable bonds is 2. The predicted molar refractivity (Wildman–Crippen MR) is 58.7 cm³/mol. The average Bonchev–Trinajstić information content (AvgIpc) is 2.65. The highest BCUT2D eigenvalue weighted by Crippen LogP contribution is 2.09. The van der Waals surface area contributed by atoms with Gasteiger partial charge in [0, 0.05) is 18.4 Å². The number of aryl methyl sites for hydroxylation is 2. The third kappa shape index (κ3) is 1.89. The predicted octanol–water partition coefficient (Wildman–Crippen LogP) is 1.34. The van der Waals surface area contributed by atoms with Gasteiger partial charge in [0.25, 0.3) is 0 Å². The van der Waals surface area contributed by atoms with Crippen molar-refractivity contribution in [2.75, 3.05) is 0 Å². The van der Waals surface area contributed by atoms with Gasteiger partial charge in [-0.1, -0.05) is 6.07 Å². The van der Waals surface area contributed by atoms with Crippen LogP contribution in [0.15, 0.2) is 24.4 Å². The Morgan fingerprint density at radius 2 is 2.07 bits per heavy atom. The van der Waals surface area contributed by atoms with Gasteiger partial charge in [-0.3, -0.25) is 0 Å². The molecule has 2 aromatic rings. The molecule has 0 atom stereocenters. The van der Waals surface area contributed by atoms with Crippen LogP contribution in [0.2, 0.25) is 0 Å². The lowest BCUT2D eigenvalue weighted by atomic mass is 10.2. The molecule has 0 amide bonds. The fourth-order valence-corrected chi connectivity index (χ4v) is 1.46. The van der Waals surface area contributed by atoms with E-state index in [0.717, 1.165) is 22.8 Å². The molecule has 0 aliphatic rings. The Morgan fingerprint density at radius 1 is 1.27 bits per heavy atom. The fraction of sp³-hybridized carbons (Fsp3) is 0.273. The maximum Gasteiger partial charge on any atom is 0.153 e. The molecular formula is C11H14N4. The Morgan fingerprint density at radius 3 is 2.60 bits per heavy atom. The topological polar surface area (TPSA) is 56.7 Å². The van der Waals surface area contributed by atoms with Gasteiger partial charge in [-0.2, -0.15) is 5.10 Å². The van der Waals surface area contributed by atoms with Crippen molar-refractivity contribution < 1.29 is 0 Å². The first-order valence-electron chi connectivity index (χ1n) is 4.90. The Kier molecular flexibility index (Phi) is 2.51. The minimum Gasteiger partial charge on any atom is -0.326 e. The maximum atomic E-state index is 5.58. The third-order valence-electron chi connectivity index (χ3n) is 2.36. The standard InChI is InChI=1S/C11H14N4/c1-8-5-6-15(14-8)11-4-3-10(7-12)9(2)13-11/h3-6H,7,12H2,1-2H3. The van der Waals surface area contributed by atoms with Crippen molar-refractivity contribution in [3.8, 4) is 5.82 Å². The van der Waals surface area contributed by atoms with Crippen LogP contribution in [0, 0.1) is 13.8 Å². The van der Waals surface area contributed by atoms with Crippen LogP contribution in [-0.4, -0.2) is 14.8 Å². The summed E-state index contributed by atoms with van der Waals surface area (Å²) in [6.07, 6.45) is 1.90. The first kappa shape index (κ1) is 9.86. The van der Waals surface area contributed by atoms with Crippen LogP contribution < -0.4 is 5.73 Å². The Bertz CT molecular complexity index is 473. The molecule has 0 saturated heterocycles. The van der Waals surface area contributed by atoms with Gasteiger partial charge in [0.2, 0.25) is 0 Å². The van der Waals surface area contributed by atoms with Crippen molar-refractivity contribution in [1.29, 1.82) is 0 Å². The molecule has 0 fully saturated rings. The second kappa shape index (κ2) is 3.82. The Labute approximate surface area is 88.8 Å². The highest BCUT2D eigenvalue weighted by atomic mass is 15.3. The van der Waals surface area contributed by atoms with E-state index in [1.165, 1.54) is 0 Å². The number of hydrogen-bond acceptors (Lipinski definition) is 3. The minimum atomic E-state index is 0.525. The maximum absolute atomic E-state index is 5.58. The quantitative estimate of drug-likeness (QED) is 0.799. The summed E-state index contributed by atoms with van der Waals surface area (Å²) in [4.78, 5) is 4.45. The van der Waals surface area contributed by atoms with E-state index in [1.807, 2.05) is 38.2 Å². The monoisotopic (exact) mass is 202 g/mol. The second-order valence-corrected chi connectivity index (χ2v) is 3.52. The molecule has 0 saturated carbocycles. The lowest BCUT2D eigenvalue weighted by Crippen LogP contribution is -2.05. The van der Waals surface area contributed by atoms with E-state index >= 15 is 0 Å². The lowest BCUT2D eigenvalue weighted by Gasteiger charge is -2.05. The van der Waals surface area contributed by atoms with Gasteiger partial charge in [0.15, 0.2) is 5.82 Å². The van der Waals surface area contributed by atoms with E-state index in [1.54, 1.807) is 4.68 Å². The van der Waals surface area contributed by atoms with Crippen molar-refractivity contribution in [3.05, 3.63) is 41.3 Å². The van der Waals surface area contributed by atoms with Crippen LogP contribution in [0.4, 0.5) is 0 Å². The molecule has 0 aromatic carbocycles. The summed E-state index contributed by atoms with van der Waals surface area (Å²) in [5.74, 6) is 0.831. The summed E-state index contributed by atoms with van der Waals surface area (Å²) in [5.41, 5.74) is 8.60. The molecule has 2 rings (SSSR count). The summed E-state index contributed by atoms with van der Waals surface area (Å²) in [6.45, 7) is 4.44. The largest absolute Gasteiger partial charge is 0.326 e. The van der Waals surface area contributed by atoms with E-state index in [9.17, 15) is 0 Å². The van der Waals surface area contributed by atoms with Crippen LogP contribution in [0.5, 0.6) is 0 Å². The molecule has 78 valence electrons. The first-order valence-corrected chi connectivity index (χ1v) is 4.90. The molecule has 2 N–H and O–H groups in total. The summed E-state index contributed by atoms with van der Waals surface area (Å²) < 4.78 is 1.77. The fourth-order valence-electron chi connectivity index (χ4n) is 1.46. The van der Waals surface area contributed by atoms with Gasteiger partial charge in [-0.05, 0) is 31.5 Å². The lowest BCUT2D eigenvalue weighted by molar-refractivity contribution is 0.821. The van der Waals surface area contributed by atoms with Gasteiger partial charge in [0.05, 0.1) is 5.69 Å². The number of nitrogens with zero attached hydrogens (tertiary/aromatic N) is 3. The summed E-state index contributed by atoms with van der Waals surface area (Å²) in [5, 5.41) is 4.30. The number of pyridine rings is 1. The molecule has 0 aliphatic heterocycles. The minimum absolute atomic E-state index is 0.525. The number of aromatic nitrogens is 3. The molecular weight excluding hydrogens is 188 g/mol. The van der Waals surface area contributed by atoms with Crippen LogP contribution in [0.25, 0.3) is 5.82 Å². The van der Waals surface area contributed by atoms with Gasteiger partial charge in [0.1, 0.15) is 0 Å². The number of nitrogens with two attached hydrogens (primary N) is 1. The van der Waals surface area contributed by atoms with Gasteiger partial charge in [-0.15, -0.1) is 0 Å². The van der Waals surface area contributed by atoms with E-state index in [4.69, 9.17) is 5.73 Å². The first-order chi connectivity index (χ1) is 7.20. The van der Waals surface area contributed by atoms with Crippen LogP contribution >= 0.6 is 0 Å². The van der Waals surface area contributed by atoms with Crippen molar-refractivity contribution >= 4 is 0 Å². The molecule has 4 heteroatoms. The van der Waals surface area contributed by atoms with Crippen molar-refractivity contribution in [3.63, 3.8) is 0 Å². The van der Waals surface area contributed by atoms with Crippen molar-refractivity contribution in [1.82, 2.24) is 14.8 Å².